The van der Waals surface area contributed by atoms with Crippen molar-refractivity contribution in [2.24, 2.45) is 5.73 Å². The maximum absolute atomic E-state index is 13.1. The summed E-state index contributed by atoms with van der Waals surface area (Å²) >= 11 is 3.26. The molecule has 1 aromatic carbocycles. The van der Waals surface area contributed by atoms with E-state index in [4.69, 9.17) is 5.73 Å². The number of hydrogen-bond acceptors (Lipinski definition) is 4. The van der Waals surface area contributed by atoms with Gasteiger partial charge >= 0.3 is 16.4 Å². The molecular weight excluding hydrogens is 425 g/mol. The van der Waals surface area contributed by atoms with Gasteiger partial charge in [0.25, 0.3) is 0 Å². The molecule has 0 fully saturated rings. The topological polar surface area (TPSA) is 81.2 Å². The summed E-state index contributed by atoms with van der Waals surface area (Å²) in [5.74, 6) is 0. The Bertz CT molecular complexity index is 892. The van der Waals surface area contributed by atoms with E-state index in [0.29, 0.717) is 20.2 Å². The van der Waals surface area contributed by atoms with Gasteiger partial charge in [-0.1, -0.05) is 28.1 Å². The fraction of sp³-hybridized carbons (Fsp3) is 0.357. The second-order valence-electron chi connectivity index (χ2n) is 5.76. The number of nitrogens with zero attached hydrogens (tertiary/aromatic N) is 3. The summed E-state index contributed by atoms with van der Waals surface area (Å²) in [6, 6.07) is 7.22. The largest absolute Gasteiger partial charge is 0.435 e. The average Bonchev–Trinajstić information content (AvgIpc) is 2.93. The molecule has 0 saturated heterocycles. The van der Waals surface area contributed by atoms with Gasteiger partial charge in [-0.05, 0) is 30.7 Å². The van der Waals surface area contributed by atoms with Gasteiger partial charge in [0, 0.05) is 18.6 Å². The molecule has 0 bridgehead atoms. The van der Waals surface area contributed by atoms with Crippen molar-refractivity contribution in [2.45, 2.75) is 18.6 Å². The molecule has 25 heavy (non-hydrogen) atoms. The lowest BCUT2D eigenvalue weighted by molar-refractivity contribution is -0.141. The van der Waals surface area contributed by atoms with Crippen molar-refractivity contribution >= 4 is 26.1 Å². The van der Waals surface area contributed by atoms with Gasteiger partial charge in [0.1, 0.15) is 0 Å². The van der Waals surface area contributed by atoms with Crippen LogP contribution < -0.4 is 5.73 Å². The Labute approximate surface area is 151 Å². The lowest BCUT2D eigenvalue weighted by Gasteiger charge is -2.27. The van der Waals surface area contributed by atoms with Crippen LogP contribution in [0.3, 0.4) is 0 Å². The normalized spacial score (nSPS) is 15.4. The molecular formula is C14H16BrF3N4O2S. The highest BCUT2D eigenvalue weighted by Crippen LogP contribution is 2.35. The lowest BCUT2D eigenvalue weighted by Crippen LogP contribution is -2.40. The molecule has 0 saturated carbocycles. The molecule has 2 aromatic rings. The zero-order valence-corrected chi connectivity index (χ0v) is 15.9. The predicted octanol–water partition coefficient (Wildman–Crippen LogP) is 2.54. The summed E-state index contributed by atoms with van der Waals surface area (Å²) in [4.78, 5) is 0. The Kier molecular flexibility index (Phi) is 5.08. The third-order valence-corrected chi connectivity index (χ3v) is 5.74. The molecule has 0 aliphatic rings. The van der Waals surface area contributed by atoms with Gasteiger partial charge in [0.15, 0.2) is 5.69 Å². The summed E-state index contributed by atoms with van der Waals surface area (Å²) in [5, 5.41) is 3.26. The van der Waals surface area contributed by atoms with Crippen molar-refractivity contribution in [3.63, 3.8) is 0 Å². The maximum Gasteiger partial charge on any atom is 0.435 e. The number of rotatable bonds is 4. The van der Waals surface area contributed by atoms with Crippen LogP contribution in [0.15, 0.2) is 34.8 Å². The first kappa shape index (κ1) is 19.9. The van der Waals surface area contributed by atoms with Crippen molar-refractivity contribution < 1.29 is 21.6 Å². The van der Waals surface area contributed by atoms with E-state index in [9.17, 15) is 21.6 Å². The molecule has 2 N–H and O–H groups in total. The second-order valence-corrected chi connectivity index (χ2v) is 8.65. The monoisotopic (exact) mass is 440 g/mol. The molecule has 138 valence electrons. The van der Waals surface area contributed by atoms with Gasteiger partial charge in [0.05, 0.1) is 11.2 Å². The molecule has 1 aromatic heterocycles. The zero-order chi connectivity index (χ0) is 19.2. The Hall–Kier alpha value is -1.43. The van der Waals surface area contributed by atoms with Crippen molar-refractivity contribution in [1.29, 1.82) is 0 Å². The molecule has 0 amide bonds. The molecule has 1 heterocycles. The molecule has 0 aliphatic heterocycles. The van der Waals surface area contributed by atoms with Gasteiger partial charge in [-0.15, -0.1) is 4.09 Å². The molecule has 0 radical (unpaired) electrons. The predicted molar refractivity (Wildman–Crippen MR) is 90.0 cm³/mol. The summed E-state index contributed by atoms with van der Waals surface area (Å²) in [5.41, 5.74) is 3.50. The molecule has 1 unspecified atom stereocenters. The van der Waals surface area contributed by atoms with Crippen LogP contribution in [0.1, 0.15) is 23.9 Å². The van der Waals surface area contributed by atoms with Crippen LogP contribution in [-0.2, 0) is 21.9 Å². The smallest absolute Gasteiger partial charge is 0.317 e. The van der Waals surface area contributed by atoms with Crippen LogP contribution >= 0.6 is 15.9 Å². The first-order chi connectivity index (χ1) is 11.3. The number of aromatic nitrogens is 2. The molecule has 11 heteroatoms. The van der Waals surface area contributed by atoms with Crippen LogP contribution in [0.5, 0.6) is 0 Å². The third-order valence-electron chi connectivity index (χ3n) is 3.60. The Morgan fingerprint density at radius 3 is 2.32 bits per heavy atom. The SMILES string of the molecule is CN(C)S(=O)(=O)n1nc(C(F)(F)F)cc1C(C)(N)c1cccc(Br)c1. The van der Waals surface area contributed by atoms with Gasteiger partial charge in [-0.3, -0.25) is 0 Å². The van der Waals surface area contributed by atoms with Crippen molar-refractivity contribution in [3.8, 4) is 0 Å². The van der Waals surface area contributed by atoms with Gasteiger partial charge in [-0.25, -0.2) is 0 Å². The number of benzene rings is 1. The fourth-order valence-corrected chi connectivity index (χ4v) is 3.53. The van der Waals surface area contributed by atoms with E-state index in [2.05, 4.69) is 21.0 Å². The van der Waals surface area contributed by atoms with Gasteiger partial charge in [0.2, 0.25) is 0 Å². The summed E-state index contributed by atoms with van der Waals surface area (Å²) in [6.45, 7) is 1.42. The van der Waals surface area contributed by atoms with E-state index in [0.717, 1.165) is 4.31 Å². The Morgan fingerprint density at radius 2 is 1.84 bits per heavy atom. The van der Waals surface area contributed by atoms with Crippen molar-refractivity contribution in [3.05, 3.63) is 51.8 Å². The number of alkyl halides is 3. The molecule has 2 rings (SSSR count). The summed E-state index contributed by atoms with van der Waals surface area (Å²) in [7, 11) is -1.91. The van der Waals surface area contributed by atoms with Crippen LogP contribution in [0.2, 0.25) is 0 Å². The highest BCUT2D eigenvalue weighted by molar-refractivity contribution is 9.10. The van der Waals surface area contributed by atoms with Crippen molar-refractivity contribution in [1.82, 2.24) is 13.5 Å². The van der Waals surface area contributed by atoms with E-state index in [1.807, 2.05) is 0 Å². The minimum atomic E-state index is -4.81. The first-order valence-electron chi connectivity index (χ1n) is 6.93. The van der Waals surface area contributed by atoms with Gasteiger partial charge in [-0.2, -0.15) is 31.0 Å². The third kappa shape index (κ3) is 3.73. The highest BCUT2D eigenvalue weighted by Gasteiger charge is 2.41. The fourth-order valence-electron chi connectivity index (χ4n) is 2.14. The summed E-state index contributed by atoms with van der Waals surface area (Å²) < 4.78 is 65.9. The van der Waals surface area contributed by atoms with Crippen LogP contribution in [-0.4, -0.2) is 36.0 Å². The summed E-state index contributed by atoms with van der Waals surface area (Å²) in [6.07, 6.45) is -4.81. The Morgan fingerprint density at radius 1 is 1.24 bits per heavy atom. The van der Waals surface area contributed by atoms with E-state index >= 15 is 0 Å². The maximum atomic E-state index is 13.1. The van der Waals surface area contributed by atoms with Crippen LogP contribution in [0.4, 0.5) is 13.2 Å². The van der Waals surface area contributed by atoms with Crippen LogP contribution in [0, 0.1) is 0 Å². The lowest BCUT2D eigenvalue weighted by atomic mass is 9.90. The number of nitrogens with two attached hydrogens (primary N) is 1. The minimum Gasteiger partial charge on any atom is -0.317 e. The van der Waals surface area contributed by atoms with Crippen LogP contribution in [0.25, 0.3) is 0 Å². The Balaban J connectivity index is 2.77. The zero-order valence-electron chi connectivity index (χ0n) is 13.5. The molecule has 6 nitrogen and oxygen atoms in total. The number of halogens is 4. The van der Waals surface area contributed by atoms with Gasteiger partial charge < -0.3 is 5.73 Å². The first-order valence-corrected chi connectivity index (χ1v) is 9.12. The van der Waals surface area contributed by atoms with E-state index in [1.54, 1.807) is 24.3 Å². The molecule has 1 atom stereocenters. The van der Waals surface area contributed by atoms with E-state index in [-0.39, 0.29) is 5.69 Å². The average molecular weight is 441 g/mol. The quantitative estimate of drug-likeness (QED) is 0.791. The van der Waals surface area contributed by atoms with E-state index < -0.39 is 27.6 Å². The number of hydrogen-bond donors (Lipinski definition) is 1. The standard InChI is InChI=1S/C14H16BrF3N4O2S/c1-13(19,9-5-4-6-10(15)7-9)12-8-11(14(16,17)18)20-22(12)25(23,24)21(2)3/h4-8H,19H2,1-3H3. The van der Waals surface area contributed by atoms with E-state index in [1.165, 1.54) is 21.0 Å². The highest BCUT2D eigenvalue weighted by atomic mass is 79.9. The minimum absolute atomic E-state index is 0.299. The second kappa shape index (κ2) is 6.38. The van der Waals surface area contributed by atoms with Crippen molar-refractivity contribution in [2.75, 3.05) is 14.1 Å². The molecule has 0 aliphatic carbocycles. The molecule has 0 spiro atoms.